The van der Waals surface area contributed by atoms with Gasteiger partial charge in [-0.15, -0.1) is 0 Å². The molecule has 3 atom stereocenters. The van der Waals surface area contributed by atoms with Gasteiger partial charge in [0.05, 0.1) is 48.1 Å². The molecule has 7 nitrogen and oxygen atoms in total. The molecule has 35 heavy (non-hydrogen) atoms. The number of benzene rings is 1. The number of aliphatic hydroxyl groups excluding tert-OH is 1. The van der Waals surface area contributed by atoms with Crippen molar-refractivity contribution >= 4 is 11.3 Å². The molecule has 5 rings (SSSR count). The summed E-state index contributed by atoms with van der Waals surface area (Å²) >= 11 is 0. The van der Waals surface area contributed by atoms with Crippen molar-refractivity contribution in [3.63, 3.8) is 0 Å². The van der Waals surface area contributed by atoms with Crippen LogP contribution in [0.15, 0.2) is 49.1 Å². The van der Waals surface area contributed by atoms with E-state index in [0.29, 0.717) is 29.7 Å². The van der Waals surface area contributed by atoms with Gasteiger partial charge in [-0.05, 0) is 66.5 Å². The fourth-order valence-electron chi connectivity index (χ4n) is 5.16. The van der Waals surface area contributed by atoms with Crippen LogP contribution in [0.1, 0.15) is 48.9 Å². The van der Waals surface area contributed by atoms with Crippen LogP contribution in [0.5, 0.6) is 0 Å². The van der Waals surface area contributed by atoms with E-state index in [9.17, 15) is 13.9 Å². The highest BCUT2D eigenvalue weighted by atomic mass is 19.1. The first kappa shape index (κ1) is 23.3. The number of halogens is 2. The van der Waals surface area contributed by atoms with Gasteiger partial charge in [0.15, 0.2) is 5.65 Å². The summed E-state index contributed by atoms with van der Waals surface area (Å²) in [5.74, 6) is -0.603. The maximum atomic E-state index is 14.7. The molecule has 0 saturated heterocycles. The van der Waals surface area contributed by atoms with Crippen molar-refractivity contribution < 1.29 is 13.9 Å². The van der Waals surface area contributed by atoms with Crippen LogP contribution in [0.2, 0.25) is 0 Å². The normalized spacial score (nSPS) is 20.3. The summed E-state index contributed by atoms with van der Waals surface area (Å²) in [4.78, 5) is 8.92. The zero-order valence-electron chi connectivity index (χ0n) is 19.5. The first-order chi connectivity index (χ1) is 16.9. The third-order valence-electron chi connectivity index (χ3n) is 6.71. The highest BCUT2D eigenvalue weighted by Crippen LogP contribution is 2.38. The lowest BCUT2D eigenvalue weighted by Gasteiger charge is -2.32. The Morgan fingerprint density at radius 3 is 2.69 bits per heavy atom. The van der Waals surface area contributed by atoms with Gasteiger partial charge in [-0.3, -0.25) is 4.98 Å². The van der Waals surface area contributed by atoms with Crippen LogP contribution in [0.4, 0.5) is 14.5 Å². The molecule has 4 aromatic rings. The molecule has 1 aromatic carbocycles. The molecule has 4 N–H and O–H groups in total. The minimum atomic E-state index is -0.769. The van der Waals surface area contributed by atoms with E-state index in [0.717, 1.165) is 37.1 Å². The predicted molar refractivity (Wildman–Crippen MR) is 130 cm³/mol. The molecule has 182 valence electrons. The summed E-state index contributed by atoms with van der Waals surface area (Å²) in [7, 11) is 0. The number of anilines is 1. The standard InChI is InChI=1S/C26H28F2N6O/c1-15-6-17(10-18(29)7-15)20-2-4-30-13-24(20)31-11-19-3-5-34-26(33-19)21(12-32-34)25-22(27)8-16(14-35)9-23(25)28/h2-5,8-9,12-13,15,17-18,31,35H,6-7,10-11,14,29H2,1H3/t15-,17+,18-/m0/s1. The van der Waals surface area contributed by atoms with E-state index in [1.54, 1.807) is 12.4 Å². The van der Waals surface area contributed by atoms with Crippen molar-refractivity contribution in [1.82, 2.24) is 19.6 Å². The second-order valence-corrected chi connectivity index (χ2v) is 9.42. The molecule has 3 aromatic heterocycles. The van der Waals surface area contributed by atoms with Crippen LogP contribution >= 0.6 is 0 Å². The van der Waals surface area contributed by atoms with Gasteiger partial charge in [0.1, 0.15) is 11.6 Å². The monoisotopic (exact) mass is 478 g/mol. The number of aliphatic hydroxyl groups is 1. The Bertz CT molecular complexity index is 1320. The average molecular weight is 479 g/mol. The molecule has 1 fully saturated rings. The Hall–Kier alpha value is -3.43. The topological polar surface area (TPSA) is 101 Å². The van der Waals surface area contributed by atoms with Crippen LogP contribution in [-0.4, -0.2) is 30.7 Å². The van der Waals surface area contributed by atoms with Crippen LogP contribution in [0.25, 0.3) is 16.8 Å². The van der Waals surface area contributed by atoms with Crippen molar-refractivity contribution in [2.45, 2.75) is 51.3 Å². The summed E-state index contributed by atoms with van der Waals surface area (Å²) in [5, 5.41) is 16.9. The summed E-state index contributed by atoms with van der Waals surface area (Å²) in [5.41, 5.74) is 9.66. The first-order valence-corrected chi connectivity index (χ1v) is 11.8. The SMILES string of the molecule is C[C@@H]1C[C@H](N)C[C@H](c2ccncc2NCc2ccn3ncc(-c4c(F)cc(CO)cc4F)c3n2)C1. The fraction of sp³-hybridized carbons (Fsp3) is 0.346. The molecular weight excluding hydrogens is 450 g/mol. The zero-order valence-corrected chi connectivity index (χ0v) is 19.5. The minimum absolute atomic E-state index is 0.165. The Kier molecular flexibility index (Phi) is 6.44. The zero-order chi connectivity index (χ0) is 24.5. The Morgan fingerprint density at radius 2 is 1.94 bits per heavy atom. The van der Waals surface area contributed by atoms with E-state index in [2.05, 4.69) is 27.3 Å². The first-order valence-electron chi connectivity index (χ1n) is 11.8. The van der Waals surface area contributed by atoms with Crippen LogP contribution in [0, 0.1) is 17.6 Å². The predicted octanol–water partition coefficient (Wildman–Crippen LogP) is 4.40. The van der Waals surface area contributed by atoms with Crippen molar-refractivity contribution in [3.8, 4) is 11.1 Å². The van der Waals surface area contributed by atoms with Crippen molar-refractivity contribution in [3.05, 3.63) is 77.5 Å². The van der Waals surface area contributed by atoms with Gasteiger partial charge in [0, 0.05) is 18.4 Å². The minimum Gasteiger partial charge on any atom is -0.392 e. The summed E-state index contributed by atoms with van der Waals surface area (Å²) in [6, 6.07) is 6.30. The van der Waals surface area contributed by atoms with Gasteiger partial charge in [0.2, 0.25) is 0 Å². The second kappa shape index (κ2) is 9.67. The lowest BCUT2D eigenvalue weighted by atomic mass is 9.76. The number of nitrogens with zero attached hydrogens (tertiary/aromatic N) is 4. The highest BCUT2D eigenvalue weighted by molar-refractivity contribution is 5.78. The van der Waals surface area contributed by atoms with Crippen molar-refractivity contribution in [2.24, 2.45) is 11.7 Å². The van der Waals surface area contributed by atoms with E-state index in [4.69, 9.17) is 5.73 Å². The van der Waals surface area contributed by atoms with Crippen molar-refractivity contribution in [1.29, 1.82) is 0 Å². The maximum absolute atomic E-state index is 14.7. The fourth-order valence-corrected chi connectivity index (χ4v) is 5.16. The van der Waals surface area contributed by atoms with Gasteiger partial charge in [-0.25, -0.2) is 18.3 Å². The summed E-state index contributed by atoms with van der Waals surface area (Å²) < 4.78 is 30.9. The number of aromatic nitrogens is 4. The van der Waals surface area contributed by atoms with Gasteiger partial charge in [-0.1, -0.05) is 6.92 Å². The molecule has 1 aliphatic rings. The molecule has 0 bridgehead atoms. The third kappa shape index (κ3) is 4.74. The van der Waals surface area contributed by atoms with Gasteiger partial charge >= 0.3 is 0 Å². The lowest BCUT2D eigenvalue weighted by Crippen LogP contribution is -2.31. The largest absolute Gasteiger partial charge is 0.392 e. The number of hydrogen-bond donors (Lipinski definition) is 3. The molecule has 0 unspecified atom stereocenters. The van der Waals surface area contributed by atoms with E-state index >= 15 is 0 Å². The van der Waals surface area contributed by atoms with E-state index < -0.39 is 18.2 Å². The molecule has 9 heteroatoms. The van der Waals surface area contributed by atoms with E-state index in [1.807, 2.05) is 18.3 Å². The lowest BCUT2D eigenvalue weighted by molar-refractivity contribution is 0.280. The van der Waals surface area contributed by atoms with Crippen molar-refractivity contribution in [2.75, 3.05) is 5.32 Å². The summed E-state index contributed by atoms with van der Waals surface area (Å²) in [6.07, 6.45) is 9.81. The third-order valence-corrected chi connectivity index (χ3v) is 6.71. The molecule has 1 saturated carbocycles. The number of rotatable bonds is 6. The highest BCUT2D eigenvalue weighted by Gasteiger charge is 2.27. The molecule has 0 radical (unpaired) electrons. The average Bonchev–Trinajstić information content (AvgIpc) is 3.24. The maximum Gasteiger partial charge on any atom is 0.163 e. The number of nitrogens with two attached hydrogens (primary N) is 1. The molecule has 0 aliphatic heterocycles. The number of nitrogens with one attached hydrogen (secondary N) is 1. The number of pyridine rings is 1. The van der Waals surface area contributed by atoms with E-state index in [-0.39, 0.29) is 22.7 Å². The molecular formula is C26H28F2N6O. The van der Waals surface area contributed by atoms with Crippen LogP contribution < -0.4 is 11.1 Å². The molecule has 3 heterocycles. The van der Waals surface area contributed by atoms with E-state index in [1.165, 1.54) is 16.3 Å². The quantitative estimate of drug-likeness (QED) is 0.380. The molecule has 1 aliphatic carbocycles. The van der Waals surface area contributed by atoms with Crippen LogP contribution in [-0.2, 0) is 13.2 Å². The molecule has 0 amide bonds. The van der Waals surface area contributed by atoms with Gasteiger partial charge < -0.3 is 16.2 Å². The van der Waals surface area contributed by atoms with Gasteiger partial charge in [-0.2, -0.15) is 5.10 Å². The van der Waals surface area contributed by atoms with Crippen LogP contribution in [0.3, 0.4) is 0 Å². The number of fused-ring (bicyclic) bond motifs is 1. The second-order valence-electron chi connectivity index (χ2n) is 9.42. The Morgan fingerprint density at radius 1 is 1.14 bits per heavy atom. The number of hydrogen-bond acceptors (Lipinski definition) is 6. The summed E-state index contributed by atoms with van der Waals surface area (Å²) in [6.45, 7) is 2.20. The smallest absolute Gasteiger partial charge is 0.163 e. The van der Waals surface area contributed by atoms with Gasteiger partial charge in [0.25, 0.3) is 0 Å². The Balaban J connectivity index is 1.42. The Labute approximate surface area is 202 Å². The molecule has 0 spiro atoms.